The van der Waals surface area contributed by atoms with E-state index in [1.807, 2.05) is 6.07 Å². The van der Waals surface area contributed by atoms with E-state index in [1.54, 1.807) is 12.1 Å². The molecular weight excluding hydrogens is 253 g/mol. The highest BCUT2D eigenvalue weighted by Crippen LogP contribution is 2.28. The molecule has 0 heterocycles. The van der Waals surface area contributed by atoms with Gasteiger partial charge in [-0.15, -0.1) is 0 Å². The van der Waals surface area contributed by atoms with E-state index in [9.17, 15) is 4.39 Å². The number of rotatable bonds is 5. The summed E-state index contributed by atoms with van der Waals surface area (Å²) in [7, 11) is 1.49. The molecule has 1 fully saturated rings. The lowest BCUT2D eigenvalue weighted by Crippen LogP contribution is -2.36. The van der Waals surface area contributed by atoms with Gasteiger partial charge in [-0.2, -0.15) is 0 Å². The largest absolute Gasteiger partial charge is 0.494 e. The fourth-order valence-electron chi connectivity index (χ4n) is 3.21. The fourth-order valence-corrected chi connectivity index (χ4v) is 3.21. The van der Waals surface area contributed by atoms with Crippen LogP contribution in [0.5, 0.6) is 5.75 Å². The van der Waals surface area contributed by atoms with Gasteiger partial charge in [0, 0.05) is 12.1 Å². The summed E-state index contributed by atoms with van der Waals surface area (Å²) in [4.78, 5) is 0. The van der Waals surface area contributed by atoms with E-state index >= 15 is 0 Å². The van der Waals surface area contributed by atoms with Gasteiger partial charge in [-0.1, -0.05) is 25.3 Å². The van der Waals surface area contributed by atoms with E-state index in [-0.39, 0.29) is 11.9 Å². The van der Waals surface area contributed by atoms with Crippen LogP contribution in [0.3, 0.4) is 0 Å². The first-order chi connectivity index (χ1) is 9.61. The summed E-state index contributed by atoms with van der Waals surface area (Å²) in [6, 6.07) is 5.86. The van der Waals surface area contributed by atoms with E-state index in [4.69, 9.17) is 4.74 Å². The Bertz CT molecular complexity index is 429. The van der Waals surface area contributed by atoms with Gasteiger partial charge in [0.2, 0.25) is 0 Å². The summed E-state index contributed by atoms with van der Waals surface area (Å²) in [6.45, 7) is 4.35. The quantitative estimate of drug-likeness (QED) is 0.859. The molecule has 1 N–H and O–H groups in total. The van der Waals surface area contributed by atoms with Crippen LogP contribution in [0, 0.1) is 11.7 Å². The average molecular weight is 279 g/mol. The van der Waals surface area contributed by atoms with Gasteiger partial charge in [-0.05, 0) is 50.3 Å². The molecule has 1 saturated carbocycles. The van der Waals surface area contributed by atoms with Gasteiger partial charge in [0.25, 0.3) is 0 Å². The third kappa shape index (κ3) is 3.72. The molecule has 1 aromatic carbocycles. The second kappa shape index (κ2) is 7.07. The van der Waals surface area contributed by atoms with Gasteiger partial charge in [-0.25, -0.2) is 4.39 Å². The van der Waals surface area contributed by atoms with Gasteiger partial charge < -0.3 is 10.1 Å². The second-order valence-electron chi connectivity index (χ2n) is 5.97. The molecule has 0 bridgehead atoms. The standard InChI is InChI=1S/C17H26FNO/c1-12(14-7-5-4-6-8-14)19-13(2)15-9-10-17(20-3)16(18)11-15/h9-14,19H,4-8H2,1-3H3/t12-,13?/m0/s1. The Morgan fingerprint density at radius 2 is 1.90 bits per heavy atom. The minimum atomic E-state index is -0.288. The van der Waals surface area contributed by atoms with Crippen LogP contribution >= 0.6 is 0 Å². The number of halogens is 1. The maximum Gasteiger partial charge on any atom is 0.165 e. The van der Waals surface area contributed by atoms with Crippen LogP contribution < -0.4 is 10.1 Å². The van der Waals surface area contributed by atoms with Crippen LogP contribution in [0.1, 0.15) is 57.6 Å². The third-order valence-electron chi connectivity index (χ3n) is 4.55. The van der Waals surface area contributed by atoms with Crippen molar-refractivity contribution in [3.8, 4) is 5.75 Å². The Hall–Kier alpha value is -1.09. The summed E-state index contributed by atoms with van der Waals surface area (Å²) in [5.74, 6) is 0.777. The van der Waals surface area contributed by atoms with Crippen molar-refractivity contribution < 1.29 is 9.13 Å². The van der Waals surface area contributed by atoms with E-state index in [0.717, 1.165) is 11.5 Å². The highest BCUT2D eigenvalue weighted by atomic mass is 19.1. The molecule has 1 aromatic rings. The Morgan fingerprint density at radius 1 is 1.20 bits per heavy atom. The van der Waals surface area contributed by atoms with E-state index in [1.165, 1.54) is 39.2 Å². The average Bonchev–Trinajstić information content (AvgIpc) is 2.48. The normalized spacial score (nSPS) is 19.6. The molecular formula is C17H26FNO. The molecule has 0 saturated heterocycles. The summed E-state index contributed by atoms with van der Waals surface area (Å²) >= 11 is 0. The molecule has 1 aliphatic rings. The molecule has 112 valence electrons. The molecule has 2 atom stereocenters. The SMILES string of the molecule is COc1ccc(C(C)N[C@@H](C)C2CCCCC2)cc1F. The van der Waals surface area contributed by atoms with Gasteiger partial charge in [0.15, 0.2) is 11.6 Å². The van der Waals surface area contributed by atoms with Crippen LogP contribution in [0.4, 0.5) is 4.39 Å². The van der Waals surface area contributed by atoms with Crippen LogP contribution in [0.25, 0.3) is 0 Å². The second-order valence-corrected chi connectivity index (χ2v) is 5.97. The van der Waals surface area contributed by atoms with Crippen molar-refractivity contribution in [2.45, 2.75) is 58.0 Å². The number of methoxy groups -OCH3 is 1. The minimum absolute atomic E-state index is 0.160. The van der Waals surface area contributed by atoms with Crippen molar-refractivity contribution in [3.63, 3.8) is 0 Å². The highest BCUT2D eigenvalue weighted by Gasteiger charge is 2.21. The molecule has 2 nitrogen and oxygen atoms in total. The van der Waals surface area contributed by atoms with E-state index in [2.05, 4.69) is 19.2 Å². The Labute approximate surface area is 121 Å². The van der Waals surface area contributed by atoms with Crippen LogP contribution in [0.15, 0.2) is 18.2 Å². The lowest BCUT2D eigenvalue weighted by atomic mass is 9.84. The van der Waals surface area contributed by atoms with Gasteiger partial charge in [0.1, 0.15) is 0 Å². The molecule has 0 radical (unpaired) electrons. The van der Waals surface area contributed by atoms with Crippen molar-refractivity contribution in [2.75, 3.05) is 7.11 Å². The van der Waals surface area contributed by atoms with Crippen LogP contribution in [-0.2, 0) is 0 Å². The first-order valence-electron chi connectivity index (χ1n) is 7.71. The molecule has 1 unspecified atom stereocenters. The zero-order valence-corrected chi connectivity index (χ0v) is 12.8. The minimum Gasteiger partial charge on any atom is -0.494 e. The predicted octanol–water partition coefficient (Wildman–Crippen LogP) is 4.45. The van der Waals surface area contributed by atoms with Gasteiger partial charge >= 0.3 is 0 Å². The number of ether oxygens (including phenoxy) is 1. The topological polar surface area (TPSA) is 21.3 Å². The van der Waals surface area contributed by atoms with Gasteiger partial charge in [-0.3, -0.25) is 0 Å². The number of hydrogen-bond donors (Lipinski definition) is 1. The van der Waals surface area contributed by atoms with Gasteiger partial charge in [0.05, 0.1) is 7.11 Å². The lowest BCUT2D eigenvalue weighted by molar-refractivity contribution is 0.268. The summed E-state index contributed by atoms with van der Waals surface area (Å²) < 4.78 is 18.7. The third-order valence-corrected chi connectivity index (χ3v) is 4.55. The molecule has 0 aromatic heterocycles. The smallest absolute Gasteiger partial charge is 0.165 e. The number of nitrogens with one attached hydrogen (secondary N) is 1. The molecule has 3 heteroatoms. The monoisotopic (exact) mass is 279 g/mol. The van der Waals surface area contributed by atoms with Crippen molar-refractivity contribution in [2.24, 2.45) is 5.92 Å². The molecule has 0 amide bonds. The van der Waals surface area contributed by atoms with Crippen LogP contribution in [0.2, 0.25) is 0 Å². The highest BCUT2D eigenvalue weighted by molar-refractivity contribution is 5.30. The van der Waals surface area contributed by atoms with Crippen LogP contribution in [-0.4, -0.2) is 13.2 Å². The molecule has 0 spiro atoms. The Balaban J connectivity index is 1.96. The first-order valence-corrected chi connectivity index (χ1v) is 7.71. The predicted molar refractivity (Wildman–Crippen MR) is 80.5 cm³/mol. The number of hydrogen-bond acceptors (Lipinski definition) is 2. The first kappa shape index (κ1) is 15.3. The number of benzene rings is 1. The van der Waals surface area contributed by atoms with Crippen molar-refractivity contribution in [1.29, 1.82) is 0 Å². The van der Waals surface area contributed by atoms with Crippen molar-refractivity contribution >= 4 is 0 Å². The Kier molecular flexibility index (Phi) is 5.41. The molecule has 0 aliphatic heterocycles. The molecule has 2 rings (SSSR count). The fraction of sp³-hybridized carbons (Fsp3) is 0.647. The molecule has 1 aliphatic carbocycles. The van der Waals surface area contributed by atoms with Crippen molar-refractivity contribution in [3.05, 3.63) is 29.6 Å². The zero-order chi connectivity index (χ0) is 14.5. The molecule has 20 heavy (non-hydrogen) atoms. The summed E-state index contributed by atoms with van der Waals surface area (Å²) in [6.07, 6.45) is 6.71. The summed E-state index contributed by atoms with van der Waals surface area (Å²) in [5, 5.41) is 3.62. The van der Waals surface area contributed by atoms with E-state index < -0.39 is 0 Å². The summed E-state index contributed by atoms with van der Waals surface area (Å²) in [5.41, 5.74) is 0.978. The maximum absolute atomic E-state index is 13.8. The Morgan fingerprint density at radius 3 is 2.50 bits per heavy atom. The zero-order valence-electron chi connectivity index (χ0n) is 12.8. The maximum atomic E-state index is 13.8. The van der Waals surface area contributed by atoms with Crippen molar-refractivity contribution in [1.82, 2.24) is 5.32 Å². The van der Waals surface area contributed by atoms with E-state index in [0.29, 0.717) is 11.8 Å². The lowest BCUT2D eigenvalue weighted by Gasteiger charge is -2.31.